The average molecular weight is 299 g/mol. The minimum atomic E-state index is -0.447. The molecule has 1 saturated heterocycles. The summed E-state index contributed by atoms with van der Waals surface area (Å²) in [5.74, 6) is 0.289. The van der Waals surface area contributed by atoms with Gasteiger partial charge in [-0.05, 0) is 39.0 Å². The van der Waals surface area contributed by atoms with Gasteiger partial charge >= 0.3 is 6.09 Å². The first-order chi connectivity index (χ1) is 10.4. The molecule has 1 aromatic carbocycles. The zero-order valence-corrected chi connectivity index (χ0v) is 13.2. The number of ether oxygens (including phenoxy) is 1. The second-order valence-corrected chi connectivity index (χ2v) is 6.60. The molecule has 1 aliphatic rings. The predicted molar refractivity (Wildman–Crippen MR) is 84.1 cm³/mol. The van der Waals surface area contributed by atoms with E-state index in [0.717, 1.165) is 11.4 Å². The van der Waals surface area contributed by atoms with Gasteiger partial charge < -0.3 is 9.64 Å². The molecule has 0 saturated carbocycles. The van der Waals surface area contributed by atoms with E-state index in [2.05, 4.69) is 5.10 Å². The highest BCUT2D eigenvalue weighted by molar-refractivity contribution is 5.69. The number of aromatic nitrogens is 2. The number of para-hydroxylation sites is 1. The van der Waals surface area contributed by atoms with Crippen LogP contribution in [0.4, 0.5) is 4.79 Å². The SMILES string of the molecule is CC(C)(C)OC(=O)N1CC(c2ccn(-c3ccccc3)n2)C1. The third kappa shape index (κ3) is 3.13. The lowest BCUT2D eigenvalue weighted by molar-refractivity contribution is 0.00785. The number of carbonyl (C=O) groups is 1. The van der Waals surface area contributed by atoms with Crippen molar-refractivity contribution in [3.05, 3.63) is 48.3 Å². The van der Waals surface area contributed by atoms with Gasteiger partial charge in [-0.15, -0.1) is 0 Å². The average Bonchev–Trinajstić information content (AvgIpc) is 2.85. The van der Waals surface area contributed by atoms with Crippen molar-refractivity contribution in [2.75, 3.05) is 13.1 Å². The van der Waals surface area contributed by atoms with Crippen molar-refractivity contribution in [3.8, 4) is 5.69 Å². The minimum absolute atomic E-state index is 0.244. The molecule has 2 aromatic rings. The Kier molecular flexibility index (Phi) is 3.64. The number of benzene rings is 1. The summed E-state index contributed by atoms with van der Waals surface area (Å²) in [6, 6.07) is 12.0. The molecule has 0 spiro atoms. The number of carbonyl (C=O) groups excluding carboxylic acids is 1. The largest absolute Gasteiger partial charge is 0.444 e. The van der Waals surface area contributed by atoms with Gasteiger partial charge in [0.15, 0.2) is 0 Å². The molecule has 0 radical (unpaired) electrons. The van der Waals surface area contributed by atoms with E-state index in [-0.39, 0.29) is 12.0 Å². The highest BCUT2D eigenvalue weighted by Gasteiger charge is 2.35. The topological polar surface area (TPSA) is 47.4 Å². The van der Waals surface area contributed by atoms with Gasteiger partial charge in [0.05, 0.1) is 11.4 Å². The summed E-state index contributed by atoms with van der Waals surface area (Å²) >= 11 is 0. The maximum atomic E-state index is 11.9. The molecule has 0 aliphatic carbocycles. The molecule has 0 bridgehead atoms. The van der Waals surface area contributed by atoms with E-state index >= 15 is 0 Å². The second-order valence-electron chi connectivity index (χ2n) is 6.60. The monoisotopic (exact) mass is 299 g/mol. The lowest BCUT2D eigenvalue weighted by Gasteiger charge is -2.38. The molecule has 2 heterocycles. The van der Waals surface area contributed by atoms with Crippen molar-refractivity contribution >= 4 is 6.09 Å². The zero-order chi connectivity index (χ0) is 15.7. The molecule has 5 nitrogen and oxygen atoms in total. The van der Waals surface area contributed by atoms with E-state index in [0.29, 0.717) is 13.1 Å². The van der Waals surface area contributed by atoms with E-state index in [9.17, 15) is 4.79 Å². The van der Waals surface area contributed by atoms with Gasteiger partial charge in [0.25, 0.3) is 0 Å². The van der Waals surface area contributed by atoms with Crippen molar-refractivity contribution in [2.45, 2.75) is 32.3 Å². The lowest BCUT2D eigenvalue weighted by Crippen LogP contribution is -2.50. The van der Waals surface area contributed by atoms with Crippen molar-refractivity contribution in [1.29, 1.82) is 0 Å². The van der Waals surface area contributed by atoms with Crippen LogP contribution in [-0.4, -0.2) is 39.5 Å². The molecule has 1 fully saturated rings. The summed E-state index contributed by atoms with van der Waals surface area (Å²) in [7, 11) is 0. The summed E-state index contributed by atoms with van der Waals surface area (Å²) in [5, 5.41) is 4.61. The van der Waals surface area contributed by atoms with Gasteiger partial charge in [0, 0.05) is 25.2 Å². The molecule has 22 heavy (non-hydrogen) atoms. The summed E-state index contributed by atoms with van der Waals surface area (Å²) in [6.45, 7) is 6.97. The fourth-order valence-corrected chi connectivity index (χ4v) is 2.42. The molecule has 0 unspecified atom stereocenters. The lowest BCUT2D eigenvalue weighted by atomic mass is 9.97. The Morgan fingerprint density at radius 1 is 1.18 bits per heavy atom. The van der Waals surface area contributed by atoms with E-state index in [1.807, 2.05) is 68.0 Å². The molecule has 1 amide bonds. The highest BCUT2D eigenvalue weighted by Crippen LogP contribution is 2.27. The van der Waals surface area contributed by atoms with Crippen LogP contribution in [0, 0.1) is 0 Å². The number of likely N-dealkylation sites (tertiary alicyclic amines) is 1. The normalized spacial score (nSPS) is 15.5. The Morgan fingerprint density at radius 3 is 2.50 bits per heavy atom. The Balaban J connectivity index is 1.60. The summed E-state index contributed by atoms with van der Waals surface area (Å²) in [5.41, 5.74) is 1.61. The van der Waals surface area contributed by atoms with Crippen LogP contribution in [0.2, 0.25) is 0 Å². The Morgan fingerprint density at radius 2 is 1.86 bits per heavy atom. The van der Waals surface area contributed by atoms with E-state index in [4.69, 9.17) is 4.74 Å². The standard InChI is InChI=1S/C17H21N3O2/c1-17(2,3)22-16(21)19-11-13(12-19)15-9-10-20(18-15)14-7-5-4-6-8-14/h4-10,13H,11-12H2,1-3H3. The summed E-state index contributed by atoms with van der Waals surface area (Å²) < 4.78 is 7.23. The minimum Gasteiger partial charge on any atom is -0.444 e. The number of nitrogens with zero attached hydrogens (tertiary/aromatic N) is 3. The number of amides is 1. The predicted octanol–water partition coefficient (Wildman–Crippen LogP) is 3.21. The first-order valence-corrected chi connectivity index (χ1v) is 7.51. The van der Waals surface area contributed by atoms with Crippen LogP contribution in [-0.2, 0) is 4.74 Å². The molecular weight excluding hydrogens is 278 g/mol. The van der Waals surface area contributed by atoms with Gasteiger partial charge in [-0.3, -0.25) is 0 Å². The molecule has 1 aromatic heterocycles. The van der Waals surface area contributed by atoms with Gasteiger partial charge in [-0.2, -0.15) is 5.10 Å². The highest BCUT2D eigenvalue weighted by atomic mass is 16.6. The van der Waals surface area contributed by atoms with Gasteiger partial charge in [0.1, 0.15) is 5.60 Å². The first-order valence-electron chi connectivity index (χ1n) is 7.51. The Hall–Kier alpha value is -2.30. The van der Waals surface area contributed by atoms with Crippen molar-refractivity contribution in [3.63, 3.8) is 0 Å². The number of rotatable bonds is 2. The molecule has 1 aliphatic heterocycles. The zero-order valence-electron chi connectivity index (χ0n) is 13.2. The third-order valence-corrected chi connectivity index (χ3v) is 3.58. The van der Waals surface area contributed by atoms with Crippen LogP contribution in [0.25, 0.3) is 5.69 Å². The van der Waals surface area contributed by atoms with Crippen molar-refractivity contribution < 1.29 is 9.53 Å². The van der Waals surface area contributed by atoms with Gasteiger partial charge in [-0.25, -0.2) is 9.48 Å². The third-order valence-electron chi connectivity index (χ3n) is 3.58. The Labute approximate surface area is 130 Å². The van der Waals surface area contributed by atoms with Gasteiger partial charge in [-0.1, -0.05) is 18.2 Å². The molecular formula is C17H21N3O2. The van der Waals surface area contributed by atoms with Crippen molar-refractivity contribution in [1.82, 2.24) is 14.7 Å². The second kappa shape index (κ2) is 5.48. The molecule has 0 N–H and O–H groups in total. The molecule has 3 rings (SSSR count). The first kappa shape index (κ1) is 14.6. The summed E-state index contributed by atoms with van der Waals surface area (Å²) in [6.07, 6.45) is 1.71. The van der Waals surface area contributed by atoms with Crippen LogP contribution < -0.4 is 0 Å². The summed E-state index contributed by atoms with van der Waals surface area (Å²) in [4.78, 5) is 13.6. The van der Waals surface area contributed by atoms with E-state index in [1.165, 1.54) is 0 Å². The number of hydrogen-bond donors (Lipinski definition) is 0. The smallest absolute Gasteiger partial charge is 0.410 e. The van der Waals surface area contributed by atoms with Crippen molar-refractivity contribution in [2.24, 2.45) is 0 Å². The van der Waals surface area contributed by atoms with Crippen LogP contribution >= 0.6 is 0 Å². The molecule has 116 valence electrons. The quantitative estimate of drug-likeness (QED) is 0.855. The molecule has 0 atom stereocenters. The molecule has 5 heteroatoms. The van der Waals surface area contributed by atoms with E-state index in [1.54, 1.807) is 4.90 Å². The maximum absolute atomic E-state index is 11.9. The van der Waals surface area contributed by atoms with Gasteiger partial charge in [0.2, 0.25) is 0 Å². The van der Waals surface area contributed by atoms with Crippen LogP contribution in [0.5, 0.6) is 0 Å². The fraction of sp³-hybridized carbons (Fsp3) is 0.412. The van der Waals surface area contributed by atoms with Crippen LogP contribution in [0.1, 0.15) is 32.4 Å². The van der Waals surface area contributed by atoms with Crippen LogP contribution in [0.15, 0.2) is 42.6 Å². The van der Waals surface area contributed by atoms with Crippen LogP contribution in [0.3, 0.4) is 0 Å². The maximum Gasteiger partial charge on any atom is 0.410 e. The number of hydrogen-bond acceptors (Lipinski definition) is 3. The Bertz CT molecular complexity index is 652. The van der Waals surface area contributed by atoms with E-state index < -0.39 is 5.60 Å². The fourth-order valence-electron chi connectivity index (χ4n) is 2.42.